The molecule has 0 heteroatoms. The van der Waals surface area contributed by atoms with E-state index in [4.69, 9.17) is 0 Å². The van der Waals surface area contributed by atoms with Gasteiger partial charge in [-0.2, -0.15) is 0 Å². The number of unbranched alkanes of at least 4 members (excludes halogenated alkanes) is 4. The summed E-state index contributed by atoms with van der Waals surface area (Å²) in [6.07, 6.45) is 17.7. The first-order valence-electron chi connectivity index (χ1n) is 9.67. The molecule has 0 amide bonds. The van der Waals surface area contributed by atoms with Gasteiger partial charge in [0.25, 0.3) is 0 Å². The minimum atomic E-state index is 0.949. The lowest BCUT2D eigenvalue weighted by Crippen LogP contribution is -2.23. The Morgan fingerprint density at radius 2 is 1.60 bits per heavy atom. The van der Waals surface area contributed by atoms with Gasteiger partial charge in [0, 0.05) is 0 Å². The van der Waals surface area contributed by atoms with Gasteiger partial charge in [-0.15, -0.1) is 0 Å². The van der Waals surface area contributed by atoms with Crippen molar-refractivity contribution >= 4 is 0 Å². The van der Waals surface area contributed by atoms with Crippen LogP contribution in [0, 0.1) is 23.7 Å². The molecule has 1 aliphatic carbocycles. The fourth-order valence-corrected chi connectivity index (χ4v) is 4.08. The van der Waals surface area contributed by atoms with E-state index in [9.17, 15) is 0 Å². The zero-order chi connectivity index (χ0) is 14.8. The van der Waals surface area contributed by atoms with Crippen LogP contribution < -0.4 is 0 Å². The molecule has 0 heterocycles. The van der Waals surface area contributed by atoms with Crippen LogP contribution in [0.15, 0.2) is 0 Å². The van der Waals surface area contributed by atoms with Gasteiger partial charge in [0.15, 0.2) is 0 Å². The topological polar surface area (TPSA) is 0 Å². The van der Waals surface area contributed by atoms with E-state index in [1.54, 1.807) is 0 Å². The first-order valence-corrected chi connectivity index (χ1v) is 9.67. The van der Waals surface area contributed by atoms with Crippen molar-refractivity contribution in [3.8, 4) is 0 Å². The standard InChI is InChI=1S/C20H40/c1-5-17(3)12-10-8-7-9-11-13-20-15-14-18(4)16-19(20)6-2/h17-20H,5-16H2,1-4H3. The van der Waals surface area contributed by atoms with Crippen molar-refractivity contribution in [3.05, 3.63) is 0 Å². The molecule has 0 saturated heterocycles. The monoisotopic (exact) mass is 280 g/mol. The lowest BCUT2D eigenvalue weighted by molar-refractivity contribution is 0.170. The van der Waals surface area contributed by atoms with E-state index in [2.05, 4.69) is 27.7 Å². The fourth-order valence-electron chi connectivity index (χ4n) is 4.08. The lowest BCUT2D eigenvalue weighted by Gasteiger charge is -2.34. The summed E-state index contributed by atoms with van der Waals surface area (Å²) in [6.45, 7) is 9.58. The summed E-state index contributed by atoms with van der Waals surface area (Å²) in [5.41, 5.74) is 0. The number of rotatable bonds is 10. The maximum absolute atomic E-state index is 2.45. The third kappa shape index (κ3) is 7.14. The van der Waals surface area contributed by atoms with E-state index < -0.39 is 0 Å². The molecular weight excluding hydrogens is 240 g/mol. The van der Waals surface area contributed by atoms with E-state index in [-0.39, 0.29) is 0 Å². The highest BCUT2D eigenvalue weighted by Gasteiger charge is 2.26. The molecule has 4 unspecified atom stereocenters. The summed E-state index contributed by atoms with van der Waals surface area (Å²) < 4.78 is 0. The molecule has 20 heavy (non-hydrogen) atoms. The molecule has 0 aromatic heterocycles. The van der Waals surface area contributed by atoms with Gasteiger partial charge in [-0.1, -0.05) is 91.9 Å². The van der Waals surface area contributed by atoms with Gasteiger partial charge in [0.2, 0.25) is 0 Å². The van der Waals surface area contributed by atoms with Crippen LogP contribution in [0.3, 0.4) is 0 Å². The van der Waals surface area contributed by atoms with Crippen molar-refractivity contribution < 1.29 is 0 Å². The van der Waals surface area contributed by atoms with Crippen molar-refractivity contribution in [2.24, 2.45) is 23.7 Å². The molecule has 0 aromatic rings. The highest BCUT2D eigenvalue weighted by molar-refractivity contribution is 4.77. The largest absolute Gasteiger partial charge is 0.0651 e. The summed E-state index contributed by atoms with van der Waals surface area (Å²) in [5.74, 6) is 4.06. The Kier molecular flexibility index (Phi) is 9.65. The van der Waals surface area contributed by atoms with Crippen molar-refractivity contribution in [1.82, 2.24) is 0 Å². The molecule has 0 aliphatic heterocycles. The Morgan fingerprint density at radius 1 is 0.900 bits per heavy atom. The summed E-state index contributed by atoms with van der Waals surface area (Å²) in [6, 6.07) is 0. The maximum Gasteiger partial charge on any atom is -0.0386 e. The first kappa shape index (κ1) is 18.1. The minimum Gasteiger partial charge on any atom is -0.0651 e. The lowest BCUT2D eigenvalue weighted by atomic mass is 9.71. The van der Waals surface area contributed by atoms with E-state index in [1.807, 2.05) is 0 Å². The molecule has 4 atom stereocenters. The summed E-state index contributed by atoms with van der Waals surface area (Å²) in [4.78, 5) is 0. The molecule has 0 bridgehead atoms. The smallest absolute Gasteiger partial charge is 0.0386 e. The third-order valence-electron chi connectivity index (χ3n) is 5.90. The average Bonchev–Trinajstić information content (AvgIpc) is 2.47. The Morgan fingerprint density at radius 3 is 2.30 bits per heavy atom. The SMILES string of the molecule is CCC(C)CCCCCCCC1CCC(C)CC1CC. The molecule has 0 radical (unpaired) electrons. The zero-order valence-corrected chi connectivity index (χ0v) is 14.8. The molecule has 1 fully saturated rings. The molecule has 120 valence electrons. The predicted octanol–water partition coefficient (Wildman–Crippen LogP) is 7.23. The van der Waals surface area contributed by atoms with E-state index in [1.165, 1.54) is 77.0 Å². The van der Waals surface area contributed by atoms with Crippen LogP contribution in [-0.4, -0.2) is 0 Å². The second kappa shape index (κ2) is 10.7. The van der Waals surface area contributed by atoms with Crippen LogP contribution in [0.25, 0.3) is 0 Å². The fraction of sp³-hybridized carbons (Fsp3) is 1.00. The third-order valence-corrected chi connectivity index (χ3v) is 5.90. The number of hydrogen-bond acceptors (Lipinski definition) is 0. The molecule has 1 aliphatic rings. The number of hydrogen-bond donors (Lipinski definition) is 0. The van der Waals surface area contributed by atoms with Crippen molar-refractivity contribution in [2.75, 3.05) is 0 Å². The van der Waals surface area contributed by atoms with Gasteiger partial charge in [-0.05, 0) is 36.5 Å². The maximum atomic E-state index is 2.45. The molecule has 0 nitrogen and oxygen atoms in total. The molecule has 0 aromatic carbocycles. The second-order valence-corrected chi connectivity index (χ2v) is 7.71. The van der Waals surface area contributed by atoms with Crippen molar-refractivity contribution in [1.29, 1.82) is 0 Å². The molecule has 1 saturated carbocycles. The quantitative estimate of drug-likeness (QED) is 0.370. The summed E-state index contributed by atoms with van der Waals surface area (Å²) in [7, 11) is 0. The Bertz CT molecular complexity index is 220. The van der Waals surface area contributed by atoms with E-state index >= 15 is 0 Å². The Labute approximate surface area is 129 Å². The molecule has 0 N–H and O–H groups in total. The highest BCUT2D eigenvalue weighted by Crippen LogP contribution is 2.38. The van der Waals surface area contributed by atoms with Crippen molar-refractivity contribution in [2.45, 2.75) is 105 Å². The molecular formula is C20H40. The summed E-state index contributed by atoms with van der Waals surface area (Å²) >= 11 is 0. The van der Waals surface area contributed by atoms with Gasteiger partial charge in [-0.25, -0.2) is 0 Å². The molecule has 1 rings (SSSR count). The van der Waals surface area contributed by atoms with Crippen LogP contribution in [0.4, 0.5) is 0 Å². The van der Waals surface area contributed by atoms with Gasteiger partial charge in [0.05, 0.1) is 0 Å². The average molecular weight is 281 g/mol. The van der Waals surface area contributed by atoms with Gasteiger partial charge >= 0.3 is 0 Å². The normalized spacial score (nSPS) is 28.5. The van der Waals surface area contributed by atoms with Crippen LogP contribution in [0.2, 0.25) is 0 Å². The van der Waals surface area contributed by atoms with Crippen LogP contribution in [0.1, 0.15) is 105 Å². The second-order valence-electron chi connectivity index (χ2n) is 7.71. The summed E-state index contributed by atoms with van der Waals surface area (Å²) in [5, 5.41) is 0. The first-order chi connectivity index (χ1) is 9.67. The Hall–Kier alpha value is 0. The molecule has 0 spiro atoms. The highest BCUT2D eigenvalue weighted by atomic mass is 14.3. The van der Waals surface area contributed by atoms with E-state index in [0.717, 1.165) is 23.7 Å². The minimum absolute atomic E-state index is 0.949. The van der Waals surface area contributed by atoms with E-state index in [0.29, 0.717) is 0 Å². The van der Waals surface area contributed by atoms with Gasteiger partial charge < -0.3 is 0 Å². The van der Waals surface area contributed by atoms with Gasteiger partial charge in [-0.3, -0.25) is 0 Å². The van der Waals surface area contributed by atoms with Crippen LogP contribution in [-0.2, 0) is 0 Å². The predicted molar refractivity (Wildman–Crippen MR) is 92.1 cm³/mol. The zero-order valence-electron chi connectivity index (χ0n) is 14.8. The van der Waals surface area contributed by atoms with Crippen molar-refractivity contribution in [3.63, 3.8) is 0 Å². The van der Waals surface area contributed by atoms with Crippen LogP contribution in [0.5, 0.6) is 0 Å². The van der Waals surface area contributed by atoms with Gasteiger partial charge in [0.1, 0.15) is 0 Å². The van der Waals surface area contributed by atoms with Crippen LogP contribution >= 0.6 is 0 Å². The Balaban J connectivity index is 2.00.